The van der Waals surface area contributed by atoms with Crippen LogP contribution in [0, 0.1) is 0 Å². The van der Waals surface area contributed by atoms with Gasteiger partial charge in [0.1, 0.15) is 4.90 Å². The summed E-state index contributed by atoms with van der Waals surface area (Å²) in [6.45, 7) is -1.87. The standard InChI is InChI=1S/C12H12O5S.CHF3/c1-2-16-12(13)11-7-6-9-4-3-5-10(8-9)18(14,15)17-11;2-1(3)4/h3-5,7-8H,2,6H2,1H3;1H. The summed E-state index contributed by atoms with van der Waals surface area (Å²) >= 11 is 0. The highest BCUT2D eigenvalue weighted by Gasteiger charge is 2.24. The molecule has 0 spiro atoms. The van der Waals surface area contributed by atoms with Crippen LogP contribution < -0.4 is 0 Å². The number of ether oxygens (including phenoxy) is 1. The van der Waals surface area contributed by atoms with E-state index < -0.39 is 22.8 Å². The Kier molecular flexibility index (Phi) is 6.41. The van der Waals surface area contributed by atoms with Crippen molar-refractivity contribution in [3.63, 3.8) is 0 Å². The van der Waals surface area contributed by atoms with Crippen LogP contribution >= 0.6 is 0 Å². The molecular weight excluding hydrogens is 325 g/mol. The fourth-order valence-electron chi connectivity index (χ4n) is 1.56. The first-order chi connectivity index (χ1) is 10.3. The summed E-state index contributed by atoms with van der Waals surface area (Å²) in [5.41, 5.74) is 0.793. The second kappa shape index (κ2) is 7.83. The molecule has 0 saturated heterocycles. The Morgan fingerprint density at radius 2 is 2.00 bits per heavy atom. The van der Waals surface area contributed by atoms with E-state index in [0.717, 1.165) is 5.56 Å². The summed E-state index contributed by atoms with van der Waals surface area (Å²) in [6, 6.07) is 6.36. The van der Waals surface area contributed by atoms with E-state index in [0.29, 0.717) is 6.42 Å². The largest absolute Gasteiger partial charge is 0.460 e. The molecule has 1 aliphatic heterocycles. The van der Waals surface area contributed by atoms with Crippen LogP contribution in [0.5, 0.6) is 0 Å². The number of esters is 1. The fourth-order valence-corrected chi connectivity index (χ4v) is 2.57. The molecule has 0 radical (unpaired) electrons. The molecule has 0 atom stereocenters. The molecule has 5 nitrogen and oxygen atoms in total. The van der Waals surface area contributed by atoms with Gasteiger partial charge in [0.2, 0.25) is 5.76 Å². The lowest BCUT2D eigenvalue weighted by molar-refractivity contribution is -0.141. The average Bonchev–Trinajstić information content (AvgIpc) is 2.42. The molecule has 0 saturated carbocycles. The molecule has 2 bridgehead atoms. The van der Waals surface area contributed by atoms with Crippen molar-refractivity contribution in [1.29, 1.82) is 0 Å². The van der Waals surface area contributed by atoms with Gasteiger partial charge in [-0.1, -0.05) is 12.1 Å². The second-order valence-corrected chi connectivity index (χ2v) is 5.47. The maximum Gasteiger partial charge on any atom is 0.379 e. The van der Waals surface area contributed by atoms with Crippen LogP contribution in [0.4, 0.5) is 13.2 Å². The Labute approximate surface area is 125 Å². The molecule has 2 rings (SSSR count). The van der Waals surface area contributed by atoms with Crippen molar-refractivity contribution < 1.29 is 35.3 Å². The average molecular weight is 338 g/mol. The minimum absolute atomic E-state index is 0.0369. The first-order valence-corrected chi connectivity index (χ1v) is 7.50. The number of allylic oxidation sites excluding steroid dienone is 1. The predicted octanol–water partition coefficient (Wildman–Crippen LogP) is 2.57. The summed E-state index contributed by atoms with van der Waals surface area (Å²) in [7, 11) is -3.96. The van der Waals surface area contributed by atoms with E-state index in [-0.39, 0.29) is 17.3 Å². The lowest BCUT2D eigenvalue weighted by Gasteiger charge is -2.13. The van der Waals surface area contributed by atoms with Gasteiger partial charge in [-0.15, -0.1) is 0 Å². The summed E-state index contributed by atoms with van der Waals surface area (Å²) in [5, 5.41) is 0. The van der Waals surface area contributed by atoms with E-state index in [2.05, 4.69) is 0 Å². The number of rotatable bonds is 2. The smallest absolute Gasteiger partial charge is 0.379 e. The second-order valence-electron chi connectivity index (χ2n) is 3.93. The Bertz CT molecular complexity index is 653. The molecular formula is C13H13F3O5S. The third kappa shape index (κ3) is 5.40. The van der Waals surface area contributed by atoms with Crippen molar-refractivity contribution in [2.45, 2.75) is 24.9 Å². The van der Waals surface area contributed by atoms with Crippen LogP contribution in [0.2, 0.25) is 0 Å². The number of alkyl halides is 3. The number of hydrogen-bond donors (Lipinski definition) is 0. The van der Waals surface area contributed by atoms with E-state index in [1.807, 2.05) is 0 Å². The summed E-state index contributed by atoms with van der Waals surface area (Å²) in [4.78, 5) is 11.6. The van der Waals surface area contributed by atoms with Gasteiger partial charge in [0, 0.05) is 0 Å². The number of hydrogen-bond acceptors (Lipinski definition) is 5. The fraction of sp³-hybridized carbons (Fsp3) is 0.308. The molecule has 1 aromatic carbocycles. The minimum Gasteiger partial charge on any atom is -0.460 e. The zero-order chi connectivity index (χ0) is 16.8. The highest BCUT2D eigenvalue weighted by atomic mass is 32.2. The van der Waals surface area contributed by atoms with Crippen molar-refractivity contribution in [2.75, 3.05) is 6.61 Å². The third-order valence-corrected chi connectivity index (χ3v) is 3.62. The SMILES string of the molecule is CCOC(=O)C1=CCc2cccc(c2)S(=O)(=O)O1.FC(F)F. The molecule has 1 aliphatic rings. The molecule has 1 heterocycles. The quantitative estimate of drug-likeness (QED) is 0.612. The van der Waals surface area contributed by atoms with Gasteiger partial charge < -0.3 is 8.92 Å². The topological polar surface area (TPSA) is 69.7 Å². The van der Waals surface area contributed by atoms with Crippen LogP contribution in [0.1, 0.15) is 12.5 Å². The Balaban J connectivity index is 0.000000541. The Morgan fingerprint density at radius 3 is 2.59 bits per heavy atom. The van der Waals surface area contributed by atoms with Crippen molar-refractivity contribution >= 4 is 16.1 Å². The lowest BCUT2D eigenvalue weighted by Crippen LogP contribution is -2.17. The maximum absolute atomic E-state index is 11.9. The van der Waals surface area contributed by atoms with Crippen LogP contribution in [0.3, 0.4) is 0 Å². The van der Waals surface area contributed by atoms with E-state index >= 15 is 0 Å². The molecule has 22 heavy (non-hydrogen) atoms. The normalized spacial score (nSPS) is 15.4. The minimum atomic E-state index is -3.96. The summed E-state index contributed by atoms with van der Waals surface area (Å²) in [5.74, 6) is -1.06. The zero-order valence-corrected chi connectivity index (χ0v) is 12.3. The van der Waals surface area contributed by atoms with Gasteiger partial charge in [-0.05, 0) is 37.1 Å². The number of carbonyl (C=O) groups excluding carboxylic acids is 1. The number of halogens is 3. The first kappa shape index (κ1) is 18.0. The maximum atomic E-state index is 11.9. The molecule has 0 unspecified atom stereocenters. The van der Waals surface area contributed by atoms with Gasteiger partial charge in [-0.25, -0.2) is 4.79 Å². The molecule has 1 aromatic rings. The van der Waals surface area contributed by atoms with Crippen LogP contribution in [-0.4, -0.2) is 27.7 Å². The van der Waals surface area contributed by atoms with E-state index in [1.165, 1.54) is 18.2 Å². The van der Waals surface area contributed by atoms with E-state index in [4.69, 9.17) is 8.92 Å². The molecule has 0 aromatic heterocycles. The first-order valence-electron chi connectivity index (χ1n) is 6.09. The van der Waals surface area contributed by atoms with E-state index in [1.54, 1.807) is 19.1 Å². The molecule has 0 aliphatic carbocycles. The van der Waals surface area contributed by atoms with Crippen LogP contribution in [0.25, 0.3) is 0 Å². The highest BCUT2D eigenvalue weighted by molar-refractivity contribution is 7.86. The lowest BCUT2D eigenvalue weighted by atomic mass is 10.1. The summed E-state index contributed by atoms with van der Waals surface area (Å²) < 4.78 is 62.3. The van der Waals surface area contributed by atoms with Crippen LogP contribution in [-0.2, 0) is 30.3 Å². The zero-order valence-electron chi connectivity index (χ0n) is 11.5. The Morgan fingerprint density at radius 1 is 1.36 bits per heavy atom. The van der Waals surface area contributed by atoms with Gasteiger partial charge in [0.05, 0.1) is 6.61 Å². The summed E-state index contributed by atoms with van der Waals surface area (Å²) in [6.07, 6.45) is 1.82. The van der Waals surface area contributed by atoms with Gasteiger partial charge in [0.15, 0.2) is 0 Å². The van der Waals surface area contributed by atoms with Crippen molar-refractivity contribution in [2.24, 2.45) is 0 Å². The number of benzene rings is 1. The van der Waals surface area contributed by atoms with Gasteiger partial charge in [-0.3, -0.25) is 0 Å². The Hall–Kier alpha value is -2.03. The molecule has 0 amide bonds. The monoisotopic (exact) mass is 338 g/mol. The molecule has 0 fully saturated rings. The number of carbonyl (C=O) groups is 1. The molecule has 122 valence electrons. The van der Waals surface area contributed by atoms with Gasteiger partial charge in [-0.2, -0.15) is 21.6 Å². The van der Waals surface area contributed by atoms with Crippen molar-refractivity contribution in [3.8, 4) is 0 Å². The van der Waals surface area contributed by atoms with Gasteiger partial charge >= 0.3 is 22.8 Å². The van der Waals surface area contributed by atoms with Gasteiger partial charge in [0.25, 0.3) is 0 Å². The van der Waals surface area contributed by atoms with Crippen molar-refractivity contribution in [3.05, 3.63) is 41.7 Å². The predicted molar refractivity (Wildman–Crippen MR) is 70.2 cm³/mol. The van der Waals surface area contributed by atoms with Crippen molar-refractivity contribution in [1.82, 2.24) is 0 Å². The third-order valence-electron chi connectivity index (χ3n) is 2.39. The molecule has 9 heteroatoms. The highest BCUT2D eigenvalue weighted by Crippen LogP contribution is 2.21. The van der Waals surface area contributed by atoms with E-state index in [9.17, 15) is 26.4 Å². The number of fused-ring (bicyclic) bond motifs is 2. The van der Waals surface area contributed by atoms with Crippen LogP contribution in [0.15, 0.2) is 41.0 Å². The molecule has 0 N–H and O–H groups in total.